The van der Waals surface area contributed by atoms with Crippen LogP contribution in [0.25, 0.3) is 11.1 Å². The molecule has 0 aliphatic rings. The molecule has 25 heavy (non-hydrogen) atoms. The van der Waals surface area contributed by atoms with Crippen molar-refractivity contribution >= 4 is 0 Å². The van der Waals surface area contributed by atoms with Gasteiger partial charge in [0.25, 0.3) is 0 Å². The van der Waals surface area contributed by atoms with Crippen LogP contribution in [-0.2, 0) is 12.4 Å². The Kier molecular flexibility index (Phi) is 4.62. The summed E-state index contributed by atoms with van der Waals surface area (Å²) in [6, 6.07) is 4.16. The highest BCUT2D eigenvalue weighted by Crippen LogP contribution is 2.42. The maximum atomic E-state index is 12.9. The molecule has 0 aliphatic heterocycles. The van der Waals surface area contributed by atoms with E-state index in [-0.39, 0.29) is 6.07 Å². The molecule has 0 atom stereocenters. The third-order valence-electron chi connectivity index (χ3n) is 2.89. The van der Waals surface area contributed by atoms with Crippen LogP contribution in [0.3, 0.4) is 0 Å². The van der Waals surface area contributed by atoms with Crippen molar-refractivity contribution in [2.45, 2.75) is 18.7 Å². The zero-order chi connectivity index (χ0) is 19.0. The van der Waals surface area contributed by atoms with Gasteiger partial charge in [-0.15, -0.1) is 13.2 Å². The lowest BCUT2D eigenvalue weighted by molar-refractivity contribution is -0.274. The highest BCUT2D eigenvalue weighted by atomic mass is 19.4. The van der Waals surface area contributed by atoms with E-state index < -0.39 is 46.8 Å². The standard InChI is InChI=1S/C14H6F9NO/c15-12(16,17)9-5-7(6-24-11(9)13(18,19)20)8-3-1-2-4-10(8)25-14(21,22)23/h1-6H. The Morgan fingerprint density at radius 3 is 1.92 bits per heavy atom. The first-order chi connectivity index (χ1) is 11.3. The normalized spacial score (nSPS) is 13.0. The van der Waals surface area contributed by atoms with E-state index in [1.807, 2.05) is 0 Å². The monoisotopic (exact) mass is 375 g/mol. The van der Waals surface area contributed by atoms with Crippen molar-refractivity contribution in [3.8, 4) is 16.9 Å². The second kappa shape index (κ2) is 6.12. The van der Waals surface area contributed by atoms with Crippen molar-refractivity contribution in [3.63, 3.8) is 0 Å². The molecule has 0 amide bonds. The van der Waals surface area contributed by atoms with Gasteiger partial charge in [0.2, 0.25) is 0 Å². The molecule has 0 radical (unpaired) electrons. The molecule has 0 fully saturated rings. The number of hydrogen-bond acceptors (Lipinski definition) is 2. The fraction of sp³-hybridized carbons (Fsp3) is 0.214. The Hall–Kier alpha value is -2.46. The van der Waals surface area contributed by atoms with Crippen LogP contribution in [0.2, 0.25) is 0 Å². The average molecular weight is 375 g/mol. The van der Waals surface area contributed by atoms with E-state index in [1.165, 1.54) is 6.07 Å². The number of aromatic nitrogens is 1. The van der Waals surface area contributed by atoms with Crippen molar-refractivity contribution in [3.05, 3.63) is 47.8 Å². The zero-order valence-electron chi connectivity index (χ0n) is 11.7. The summed E-state index contributed by atoms with van der Waals surface area (Å²) < 4.78 is 117. The quantitative estimate of drug-likeness (QED) is 0.630. The van der Waals surface area contributed by atoms with E-state index >= 15 is 0 Å². The Morgan fingerprint density at radius 2 is 1.40 bits per heavy atom. The summed E-state index contributed by atoms with van der Waals surface area (Å²) in [5.74, 6) is -0.871. The largest absolute Gasteiger partial charge is 0.573 e. The molecule has 11 heteroatoms. The summed E-state index contributed by atoms with van der Waals surface area (Å²) >= 11 is 0. The van der Waals surface area contributed by atoms with Gasteiger partial charge in [-0.3, -0.25) is 4.98 Å². The summed E-state index contributed by atoms with van der Waals surface area (Å²) in [6.45, 7) is 0. The predicted octanol–water partition coefficient (Wildman–Crippen LogP) is 5.68. The van der Waals surface area contributed by atoms with E-state index in [2.05, 4.69) is 9.72 Å². The summed E-state index contributed by atoms with van der Waals surface area (Å²) in [5.41, 5.74) is -5.40. The third-order valence-corrected chi connectivity index (χ3v) is 2.89. The fourth-order valence-corrected chi connectivity index (χ4v) is 1.97. The molecular formula is C14H6F9NO. The van der Waals surface area contributed by atoms with Crippen LogP contribution in [0.4, 0.5) is 39.5 Å². The number of pyridine rings is 1. The van der Waals surface area contributed by atoms with Gasteiger partial charge < -0.3 is 4.74 Å². The maximum absolute atomic E-state index is 12.9. The number of halogens is 9. The first-order valence-corrected chi connectivity index (χ1v) is 6.28. The molecule has 0 saturated heterocycles. The van der Waals surface area contributed by atoms with Crippen LogP contribution in [-0.4, -0.2) is 11.3 Å². The number of para-hydroxylation sites is 1. The number of hydrogen-bond donors (Lipinski definition) is 0. The molecule has 0 aliphatic carbocycles. The topological polar surface area (TPSA) is 22.1 Å². The van der Waals surface area contributed by atoms with E-state index in [0.717, 1.165) is 18.2 Å². The molecule has 0 spiro atoms. The molecule has 0 bridgehead atoms. The Labute approximate surface area is 133 Å². The molecule has 1 aromatic carbocycles. The zero-order valence-corrected chi connectivity index (χ0v) is 11.7. The number of rotatable bonds is 2. The van der Waals surface area contributed by atoms with Crippen molar-refractivity contribution in [2.75, 3.05) is 0 Å². The molecule has 2 aromatic rings. The van der Waals surface area contributed by atoms with Crippen LogP contribution in [0.15, 0.2) is 36.5 Å². The number of alkyl halides is 9. The molecule has 1 aromatic heterocycles. The fourth-order valence-electron chi connectivity index (χ4n) is 1.97. The predicted molar refractivity (Wildman–Crippen MR) is 66.4 cm³/mol. The second-order valence-electron chi connectivity index (χ2n) is 4.66. The van der Waals surface area contributed by atoms with Crippen LogP contribution < -0.4 is 4.74 Å². The van der Waals surface area contributed by atoms with Gasteiger partial charge in [-0.2, -0.15) is 26.3 Å². The molecule has 2 nitrogen and oxygen atoms in total. The third kappa shape index (κ3) is 4.54. The van der Waals surface area contributed by atoms with E-state index in [9.17, 15) is 39.5 Å². The number of nitrogens with zero attached hydrogens (tertiary/aromatic N) is 1. The van der Waals surface area contributed by atoms with Gasteiger partial charge in [-0.25, -0.2) is 0 Å². The van der Waals surface area contributed by atoms with E-state index in [0.29, 0.717) is 6.20 Å². The van der Waals surface area contributed by atoms with Gasteiger partial charge in [-0.05, 0) is 12.1 Å². The molecule has 1 heterocycles. The van der Waals surface area contributed by atoms with Gasteiger partial charge in [0.1, 0.15) is 5.75 Å². The summed E-state index contributed by atoms with van der Waals surface area (Å²) in [7, 11) is 0. The molecule has 136 valence electrons. The Morgan fingerprint density at radius 1 is 0.800 bits per heavy atom. The smallest absolute Gasteiger partial charge is 0.405 e. The lowest BCUT2D eigenvalue weighted by Crippen LogP contribution is -2.19. The molecule has 0 N–H and O–H groups in total. The highest BCUT2D eigenvalue weighted by Gasteiger charge is 2.45. The minimum Gasteiger partial charge on any atom is -0.405 e. The molecule has 0 saturated carbocycles. The number of benzene rings is 1. The average Bonchev–Trinajstić information content (AvgIpc) is 2.43. The molecule has 0 unspecified atom stereocenters. The second-order valence-corrected chi connectivity index (χ2v) is 4.66. The summed E-state index contributed by atoms with van der Waals surface area (Å²) in [5, 5.41) is 0. The van der Waals surface area contributed by atoms with Crippen molar-refractivity contribution in [1.82, 2.24) is 4.98 Å². The molecule has 2 rings (SSSR count). The van der Waals surface area contributed by atoms with Crippen molar-refractivity contribution < 1.29 is 44.3 Å². The van der Waals surface area contributed by atoms with Gasteiger partial charge in [0.15, 0.2) is 5.69 Å². The summed E-state index contributed by atoms with van der Waals surface area (Å²) in [4.78, 5) is 2.75. The first kappa shape index (κ1) is 18.9. The lowest BCUT2D eigenvalue weighted by Gasteiger charge is -2.17. The minimum atomic E-state index is -5.41. The van der Waals surface area contributed by atoms with Crippen LogP contribution in [0.5, 0.6) is 5.75 Å². The minimum absolute atomic E-state index is 0.0778. The highest BCUT2D eigenvalue weighted by molar-refractivity contribution is 5.70. The van der Waals surface area contributed by atoms with Gasteiger partial charge in [-0.1, -0.05) is 18.2 Å². The Balaban J connectivity index is 2.63. The SMILES string of the molecule is FC(F)(F)Oc1ccccc1-c1cnc(C(F)(F)F)c(C(F)(F)F)c1. The first-order valence-electron chi connectivity index (χ1n) is 6.28. The molecular weight excluding hydrogens is 369 g/mol. The van der Waals surface area contributed by atoms with Crippen LogP contribution >= 0.6 is 0 Å². The number of ether oxygens (including phenoxy) is 1. The van der Waals surface area contributed by atoms with Gasteiger partial charge in [0, 0.05) is 17.3 Å². The van der Waals surface area contributed by atoms with Crippen LogP contribution in [0.1, 0.15) is 11.3 Å². The van der Waals surface area contributed by atoms with E-state index in [1.54, 1.807) is 0 Å². The van der Waals surface area contributed by atoms with Crippen molar-refractivity contribution in [2.24, 2.45) is 0 Å². The van der Waals surface area contributed by atoms with Crippen LogP contribution in [0, 0.1) is 0 Å². The lowest BCUT2D eigenvalue weighted by atomic mass is 10.0. The van der Waals surface area contributed by atoms with Gasteiger partial charge >= 0.3 is 18.7 Å². The van der Waals surface area contributed by atoms with Crippen molar-refractivity contribution in [1.29, 1.82) is 0 Å². The van der Waals surface area contributed by atoms with Gasteiger partial charge in [0.05, 0.1) is 5.56 Å². The van der Waals surface area contributed by atoms with E-state index in [4.69, 9.17) is 0 Å². The summed E-state index contributed by atoms with van der Waals surface area (Å²) in [6.07, 6.45) is -15.5. The maximum Gasteiger partial charge on any atom is 0.573 e. The Bertz CT molecular complexity index is 762.